The van der Waals surface area contributed by atoms with E-state index in [1.807, 2.05) is 20.8 Å². The third-order valence-corrected chi connectivity index (χ3v) is 4.86. The van der Waals surface area contributed by atoms with Gasteiger partial charge >= 0.3 is 0 Å². The van der Waals surface area contributed by atoms with Gasteiger partial charge in [0.25, 0.3) is 0 Å². The van der Waals surface area contributed by atoms with Gasteiger partial charge in [0.05, 0.1) is 19.0 Å². The van der Waals surface area contributed by atoms with Crippen molar-refractivity contribution in [3.8, 4) is 0 Å². The first kappa shape index (κ1) is 20.2. The zero-order valence-electron chi connectivity index (χ0n) is 15.7. The molecule has 3 unspecified atom stereocenters. The van der Waals surface area contributed by atoms with E-state index in [0.29, 0.717) is 24.5 Å². The lowest BCUT2D eigenvalue weighted by Crippen LogP contribution is -2.26. The number of ether oxygens (including phenoxy) is 2. The van der Waals surface area contributed by atoms with Crippen molar-refractivity contribution in [1.82, 2.24) is 0 Å². The van der Waals surface area contributed by atoms with Crippen LogP contribution >= 0.6 is 0 Å². The Morgan fingerprint density at radius 3 is 2.61 bits per heavy atom. The molecule has 0 aromatic rings. The molecular weight excluding hydrogens is 288 g/mol. The molecule has 3 nitrogen and oxygen atoms in total. The van der Waals surface area contributed by atoms with Crippen molar-refractivity contribution in [2.75, 3.05) is 13.2 Å². The average Bonchev–Trinajstić information content (AvgIpc) is 2.60. The summed E-state index contributed by atoms with van der Waals surface area (Å²) in [5.74, 6) is 1.49. The molecule has 0 aromatic carbocycles. The van der Waals surface area contributed by atoms with Crippen LogP contribution in [0, 0.1) is 17.3 Å². The van der Waals surface area contributed by atoms with Gasteiger partial charge in [-0.1, -0.05) is 32.4 Å². The van der Waals surface area contributed by atoms with E-state index in [9.17, 15) is 5.11 Å². The average molecular weight is 325 g/mol. The molecule has 0 spiro atoms. The first-order valence-corrected chi connectivity index (χ1v) is 9.01. The lowest BCUT2D eigenvalue weighted by Gasteiger charge is -2.29. The lowest BCUT2D eigenvalue weighted by molar-refractivity contribution is -0.0843. The minimum Gasteiger partial charge on any atom is -0.498 e. The van der Waals surface area contributed by atoms with Crippen molar-refractivity contribution in [2.24, 2.45) is 17.3 Å². The van der Waals surface area contributed by atoms with E-state index < -0.39 is 6.29 Å². The summed E-state index contributed by atoms with van der Waals surface area (Å²) in [7, 11) is 0. The number of allylic oxidation sites excluding steroid dienone is 1. The Bertz CT molecular complexity index is 394. The SMILES string of the molecule is C=C(OCC)C(COC(O)C=C(C)C)C1CCCC(C)(C)CC1. The lowest BCUT2D eigenvalue weighted by atomic mass is 9.82. The van der Waals surface area contributed by atoms with Crippen LogP contribution in [0.2, 0.25) is 0 Å². The molecule has 1 N–H and O–H groups in total. The van der Waals surface area contributed by atoms with Gasteiger partial charge in [0, 0.05) is 5.92 Å². The molecular formula is C20H36O3. The predicted molar refractivity (Wildman–Crippen MR) is 96.0 cm³/mol. The highest BCUT2D eigenvalue weighted by Crippen LogP contribution is 2.40. The van der Waals surface area contributed by atoms with Gasteiger partial charge in [0.2, 0.25) is 0 Å². The van der Waals surface area contributed by atoms with Gasteiger partial charge < -0.3 is 14.6 Å². The minimum absolute atomic E-state index is 0.157. The summed E-state index contributed by atoms with van der Waals surface area (Å²) < 4.78 is 11.4. The van der Waals surface area contributed by atoms with Crippen LogP contribution in [0.4, 0.5) is 0 Å². The summed E-state index contributed by atoms with van der Waals surface area (Å²) >= 11 is 0. The van der Waals surface area contributed by atoms with E-state index in [1.165, 1.54) is 32.1 Å². The van der Waals surface area contributed by atoms with Crippen LogP contribution < -0.4 is 0 Å². The highest BCUT2D eigenvalue weighted by molar-refractivity contribution is 4.98. The molecule has 3 heteroatoms. The topological polar surface area (TPSA) is 38.7 Å². The number of rotatable bonds is 8. The summed E-state index contributed by atoms with van der Waals surface area (Å²) in [5, 5.41) is 9.95. The van der Waals surface area contributed by atoms with Crippen LogP contribution in [-0.2, 0) is 9.47 Å². The molecule has 1 aliphatic rings. The molecule has 0 radical (unpaired) electrons. The molecule has 0 aromatic heterocycles. The van der Waals surface area contributed by atoms with Crippen molar-refractivity contribution < 1.29 is 14.6 Å². The third kappa shape index (κ3) is 7.54. The van der Waals surface area contributed by atoms with E-state index in [1.54, 1.807) is 6.08 Å². The predicted octanol–water partition coefficient (Wildman–Crippen LogP) is 5.06. The van der Waals surface area contributed by atoms with Gasteiger partial charge in [-0.3, -0.25) is 0 Å². The van der Waals surface area contributed by atoms with Crippen molar-refractivity contribution >= 4 is 0 Å². The Labute approximate surface area is 142 Å². The van der Waals surface area contributed by atoms with Gasteiger partial charge in [-0.15, -0.1) is 0 Å². The Morgan fingerprint density at radius 2 is 2.00 bits per heavy atom. The fourth-order valence-corrected chi connectivity index (χ4v) is 3.41. The molecule has 0 amide bonds. The van der Waals surface area contributed by atoms with Crippen molar-refractivity contribution in [3.05, 3.63) is 24.0 Å². The van der Waals surface area contributed by atoms with E-state index in [0.717, 1.165) is 11.3 Å². The number of aliphatic hydroxyl groups excluding tert-OH is 1. The molecule has 0 saturated heterocycles. The highest BCUT2D eigenvalue weighted by atomic mass is 16.6. The second-order valence-electron chi connectivity index (χ2n) is 7.83. The fraction of sp³-hybridized carbons (Fsp3) is 0.800. The molecule has 3 atom stereocenters. The maximum atomic E-state index is 9.95. The van der Waals surface area contributed by atoms with Crippen LogP contribution in [0.5, 0.6) is 0 Å². The highest BCUT2D eigenvalue weighted by Gasteiger charge is 2.31. The van der Waals surface area contributed by atoms with E-state index in [4.69, 9.17) is 9.47 Å². The normalized spacial score (nSPS) is 23.5. The van der Waals surface area contributed by atoms with Gasteiger partial charge in [0.1, 0.15) is 0 Å². The van der Waals surface area contributed by atoms with Gasteiger partial charge in [-0.2, -0.15) is 0 Å². The minimum atomic E-state index is -0.848. The Balaban J connectivity index is 2.72. The van der Waals surface area contributed by atoms with Crippen molar-refractivity contribution in [2.45, 2.75) is 73.0 Å². The maximum absolute atomic E-state index is 9.95. The second-order valence-corrected chi connectivity index (χ2v) is 7.83. The van der Waals surface area contributed by atoms with Crippen LogP contribution in [0.1, 0.15) is 66.7 Å². The Hall–Kier alpha value is -0.800. The molecule has 0 aliphatic heterocycles. The third-order valence-electron chi connectivity index (χ3n) is 4.86. The maximum Gasteiger partial charge on any atom is 0.174 e. The summed E-state index contributed by atoms with van der Waals surface area (Å²) in [4.78, 5) is 0. The first-order valence-electron chi connectivity index (χ1n) is 9.01. The van der Waals surface area contributed by atoms with Gasteiger partial charge in [0.15, 0.2) is 6.29 Å². The molecule has 0 heterocycles. The van der Waals surface area contributed by atoms with Crippen LogP contribution in [0.25, 0.3) is 0 Å². The molecule has 134 valence electrons. The molecule has 0 bridgehead atoms. The standard InChI is InChI=1S/C20H36O3/c1-7-22-16(4)18(14-23-19(21)13-15(2)3)17-9-8-11-20(5,6)12-10-17/h13,17-19,21H,4,7-12,14H2,1-3,5-6H3. The van der Waals surface area contributed by atoms with Crippen LogP contribution in [0.15, 0.2) is 24.0 Å². The molecule has 1 saturated carbocycles. The molecule has 1 aliphatic carbocycles. The summed E-state index contributed by atoms with van der Waals surface area (Å²) in [6.07, 6.45) is 6.98. The Morgan fingerprint density at radius 1 is 1.30 bits per heavy atom. The largest absolute Gasteiger partial charge is 0.498 e. The number of hydrogen-bond donors (Lipinski definition) is 1. The van der Waals surface area contributed by atoms with Crippen LogP contribution in [0.3, 0.4) is 0 Å². The van der Waals surface area contributed by atoms with Crippen molar-refractivity contribution in [3.63, 3.8) is 0 Å². The molecule has 23 heavy (non-hydrogen) atoms. The van der Waals surface area contributed by atoms with Crippen molar-refractivity contribution in [1.29, 1.82) is 0 Å². The number of hydrogen-bond acceptors (Lipinski definition) is 3. The summed E-state index contributed by atoms with van der Waals surface area (Å²) in [6, 6.07) is 0. The zero-order chi connectivity index (χ0) is 17.5. The smallest absolute Gasteiger partial charge is 0.174 e. The molecule has 1 rings (SSSR count). The second kappa shape index (κ2) is 9.48. The summed E-state index contributed by atoms with van der Waals surface area (Å²) in [5.41, 5.74) is 1.48. The van der Waals surface area contributed by atoms with E-state index >= 15 is 0 Å². The first-order chi connectivity index (χ1) is 10.7. The fourth-order valence-electron chi connectivity index (χ4n) is 3.41. The number of aliphatic hydroxyl groups is 1. The zero-order valence-corrected chi connectivity index (χ0v) is 15.7. The summed E-state index contributed by atoms with van der Waals surface area (Å²) in [6.45, 7) is 15.8. The van der Waals surface area contributed by atoms with Gasteiger partial charge in [-0.25, -0.2) is 0 Å². The Kier molecular flexibility index (Phi) is 8.35. The van der Waals surface area contributed by atoms with Crippen LogP contribution in [-0.4, -0.2) is 24.6 Å². The monoisotopic (exact) mass is 324 g/mol. The molecule has 1 fully saturated rings. The van der Waals surface area contributed by atoms with E-state index in [2.05, 4.69) is 20.4 Å². The van der Waals surface area contributed by atoms with E-state index in [-0.39, 0.29) is 5.92 Å². The van der Waals surface area contributed by atoms with Gasteiger partial charge in [-0.05, 0) is 63.9 Å². The quantitative estimate of drug-likeness (QED) is 0.293.